The first-order chi connectivity index (χ1) is 31.2. The summed E-state index contributed by atoms with van der Waals surface area (Å²) in [6.45, 7) is 0. The van der Waals surface area contributed by atoms with Crippen LogP contribution in [0.15, 0.2) is 245 Å². The van der Waals surface area contributed by atoms with Crippen molar-refractivity contribution in [3.63, 3.8) is 0 Å². The highest BCUT2D eigenvalue weighted by molar-refractivity contribution is 6.14. The summed E-state index contributed by atoms with van der Waals surface area (Å²) in [6.07, 6.45) is 0. The molecule has 63 heavy (non-hydrogen) atoms. The second kappa shape index (κ2) is 15.3. The molecule has 2 aromatic heterocycles. The standard InChI is InChI=1S/C60H39NO2/c1-3-16-40(17-4-1)43-32-36-48(47-21-8-7-20-46(47)42-18-5-2-6-19-42)53(38-43)49-22-9-12-25-54(49)61(55-26-15-29-58-60(55)52-24-11-14-28-57(52)62-58)45-34-30-41(31-35-45)44-33-37-51-50-23-10-13-27-56(50)63-59(51)39-44/h1-39H. The van der Waals surface area contributed by atoms with E-state index in [9.17, 15) is 0 Å². The molecule has 0 fully saturated rings. The topological polar surface area (TPSA) is 29.5 Å². The van der Waals surface area contributed by atoms with Gasteiger partial charge in [-0.3, -0.25) is 0 Å². The zero-order chi connectivity index (χ0) is 41.7. The van der Waals surface area contributed by atoms with Crippen molar-refractivity contribution >= 4 is 60.9 Å². The molecule has 0 aliphatic rings. The largest absolute Gasteiger partial charge is 0.456 e. The van der Waals surface area contributed by atoms with Crippen molar-refractivity contribution in [1.82, 2.24) is 0 Å². The summed E-state index contributed by atoms with van der Waals surface area (Å²) in [5.74, 6) is 0. The van der Waals surface area contributed by atoms with Crippen LogP contribution in [0.3, 0.4) is 0 Å². The Kier molecular flexibility index (Phi) is 8.83. The number of hydrogen-bond acceptors (Lipinski definition) is 3. The molecule has 12 rings (SSSR count). The Morgan fingerprint density at radius 2 is 0.762 bits per heavy atom. The Labute approximate surface area is 365 Å². The predicted octanol–water partition coefficient (Wildman–Crippen LogP) is 17.3. The van der Waals surface area contributed by atoms with Gasteiger partial charge in [-0.15, -0.1) is 0 Å². The first kappa shape index (κ1) is 36.5. The number of anilines is 3. The Balaban J connectivity index is 1.08. The van der Waals surface area contributed by atoms with E-state index in [1.165, 1.54) is 22.3 Å². The fourth-order valence-corrected chi connectivity index (χ4v) is 9.35. The van der Waals surface area contributed by atoms with Crippen LogP contribution >= 0.6 is 0 Å². The molecule has 0 aliphatic heterocycles. The van der Waals surface area contributed by atoms with Gasteiger partial charge in [-0.05, 0) is 111 Å². The molecule has 0 unspecified atom stereocenters. The van der Waals surface area contributed by atoms with Gasteiger partial charge in [-0.2, -0.15) is 0 Å². The van der Waals surface area contributed by atoms with Crippen LogP contribution in [-0.4, -0.2) is 0 Å². The molecular formula is C60H39NO2. The maximum Gasteiger partial charge on any atom is 0.137 e. The SMILES string of the molecule is c1ccc(-c2ccc(-c3ccccc3-c3ccccc3)c(-c3ccccc3N(c3ccc(-c4ccc5c(c4)oc4ccccc45)cc3)c3cccc4oc5ccccc5c34)c2)cc1. The lowest BCUT2D eigenvalue weighted by molar-refractivity contribution is 0.668. The van der Waals surface area contributed by atoms with Gasteiger partial charge in [-0.1, -0.05) is 176 Å². The number of fused-ring (bicyclic) bond motifs is 6. The van der Waals surface area contributed by atoms with Crippen LogP contribution in [0.25, 0.3) is 99.5 Å². The number of furan rings is 2. The molecule has 10 aromatic carbocycles. The Bertz CT molecular complexity index is 3620. The molecule has 3 heteroatoms. The lowest BCUT2D eigenvalue weighted by Gasteiger charge is -2.29. The zero-order valence-corrected chi connectivity index (χ0v) is 34.3. The summed E-state index contributed by atoms with van der Waals surface area (Å²) in [4.78, 5) is 2.41. The van der Waals surface area contributed by atoms with Crippen molar-refractivity contribution in [2.75, 3.05) is 4.90 Å². The lowest BCUT2D eigenvalue weighted by atomic mass is 9.86. The van der Waals surface area contributed by atoms with Crippen LogP contribution in [0.2, 0.25) is 0 Å². The summed E-state index contributed by atoms with van der Waals surface area (Å²) >= 11 is 0. The third-order valence-corrected chi connectivity index (χ3v) is 12.3. The van der Waals surface area contributed by atoms with Gasteiger partial charge in [0.05, 0.1) is 16.8 Å². The first-order valence-corrected chi connectivity index (χ1v) is 21.4. The van der Waals surface area contributed by atoms with Crippen LogP contribution in [0.1, 0.15) is 0 Å². The van der Waals surface area contributed by atoms with E-state index >= 15 is 0 Å². The van der Waals surface area contributed by atoms with Gasteiger partial charge in [0.15, 0.2) is 0 Å². The maximum absolute atomic E-state index is 6.53. The molecule has 0 atom stereocenters. The molecule has 0 bridgehead atoms. The van der Waals surface area contributed by atoms with Crippen LogP contribution in [0.4, 0.5) is 17.1 Å². The third kappa shape index (κ3) is 6.38. The number of hydrogen-bond donors (Lipinski definition) is 0. The highest BCUT2D eigenvalue weighted by Crippen LogP contribution is 2.49. The van der Waals surface area contributed by atoms with E-state index in [2.05, 4.69) is 223 Å². The third-order valence-electron chi connectivity index (χ3n) is 12.3. The molecule has 296 valence electrons. The summed E-state index contributed by atoms with van der Waals surface area (Å²) in [5.41, 5.74) is 18.1. The van der Waals surface area contributed by atoms with Crippen LogP contribution in [-0.2, 0) is 0 Å². The van der Waals surface area contributed by atoms with E-state index in [1.807, 2.05) is 18.2 Å². The van der Waals surface area contributed by atoms with Crippen molar-refractivity contribution in [3.8, 4) is 55.6 Å². The van der Waals surface area contributed by atoms with Crippen LogP contribution in [0.5, 0.6) is 0 Å². The Morgan fingerprint density at radius 3 is 1.56 bits per heavy atom. The number of nitrogens with zero attached hydrogens (tertiary/aromatic N) is 1. The molecule has 2 heterocycles. The molecule has 0 saturated heterocycles. The smallest absolute Gasteiger partial charge is 0.137 e. The maximum atomic E-state index is 6.53. The van der Waals surface area contributed by atoms with Gasteiger partial charge in [0.25, 0.3) is 0 Å². The molecule has 0 amide bonds. The number of rotatable bonds is 8. The quantitative estimate of drug-likeness (QED) is 0.153. The van der Waals surface area contributed by atoms with Crippen molar-refractivity contribution in [2.45, 2.75) is 0 Å². The van der Waals surface area contributed by atoms with Crippen molar-refractivity contribution in [2.24, 2.45) is 0 Å². The zero-order valence-electron chi connectivity index (χ0n) is 34.3. The van der Waals surface area contributed by atoms with Gasteiger partial charge < -0.3 is 13.7 Å². The minimum absolute atomic E-state index is 0.843. The van der Waals surface area contributed by atoms with Gasteiger partial charge in [-0.25, -0.2) is 0 Å². The van der Waals surface area contributed by atoms with Crippen molar-refractivity contribution < 1.29 is 8.83 Å². The van der Waals surface area contributed by atoms with Crippen LogP contribution < -0.4 is 4.90 Å². The van der Waals surface area contributed by atoms with E-state index < -0.39 is 0 Å². The normalized spacial score (nSPS) is 11.5. The summed E-state index contributed by atoms with van der Waals surface area (Å²) in [5, 5.41) is 4.39. The Hall–Kier alpha value is -8.40. The molecule has 0 spiro atoms. The molecule has 12 aromatic rings. The highest BCUT2D eigenvalue weighted by atomic mass is 16.3. The molecule has 0 radical (unpaired) electrons. The molecular weight excluding hydrogens is 767 g/mol. The summed E-state index contributed by atoms with van der Waals surface area (Å²) in [7, 11) is 0. The van der Waals surface area contributed by atoms with E-state index in [0.29, 0.717) is 0 Å². The second-order valence-corrected chi connectivity index (χ2v) is 16.0. The van der Waals surface area contributed by atoms with E-state index in [1.54, 1.807) is 0 Å². The fourth-order valence-electron chi connectivity index (χ4n) is 9.35. The summed E-state index contributed by atoms with van der Waals surface area (Å²) in [6, 6.07) is 84.3. The van der Waals surface area contributed by atoms with Crippen molar-refractivity contribution in [1.29, 1.82) is 0 Å². The predicted molar refractivity (Wildman–Crippen MR) is 263 cm³/mol. The number of para-hydroxylation sites is 3. The molecule has 0 aliphatic carbocycles. The van der Waals surface area contributed by atoms with Gasteiger partial charge in [0, 0.05) is 27.4 Å². The monoisotopic (exact) mass is 805 g/mol. The van der Waals surface area contributed by atoms with E-state index in [4.69, 9.17) is 8.83 Å². The average Bonchev–Trinajstić information content (AvgIpc) is 3.93. The molecule has 0 saturated carbocycles. The van der Waals surface area contributed by atoms with E-state index in [0.717, 1.165) is 94.3 Å². The minimum Gasteiger partial charge on any atom is -0.456 e. The minimum atomic E-state index is 0.843. The molecule has 0 N–H and O–H groups in total. The van der Waals surface area contributed by atoms with Gasteiger partial charge in [0.1, 0.15) is 22.3 Å². The lowest BCUT2D eigenvalue weighted by Crippen LogP contribution is -2.12. The first-order valence-electron chi connectivity index (χ1n) is 21.4. The van der Waals surface area contributed by atoms with Gasteiger partial charge in [0.2, 0.25) is 0 Å². The fraction of sp³-hybridized carbons (Fsp3) is 0. The van der Waals surface area contributed by atoms with Gasteiger partial charge >= 0.3 is 0 Å². The highest BCUT2D eigenvalue weighted by Gasteiger charge is 2.24. The summed E-state index contributed by atoms with van der Waals surface area (Å²) < 4.78 is 12.8. The number of benzene rings is 10. The van der Waals surface area contributed by atoms with Crippen molar-refractivity contribution in [3.05, 3.63) is 237 Å². The van der Waals surface area contributed by atoms with E-state index in [-0.39, 0.29) is 0 Å². The second-order valence-electron chi connectivity index (χ2n) is 16.0. The molecule has 3 nitrogen and oxygen atoms in total. The Morgan fingerprint density at radius 1 is 0.254 bits per heavy atom. The average molecular weight is 806 g/mol. The van der Waals surface area contributed by atoms with Crippen LogP contribution in [0, 0.1) is 0 Å².